The van der Waals surface area contributed by atoms with Crippen LogP contribution in [-0.2, 0) is 14.8 Å². The number of anilines is 1. The van der Waals surface area contributed by atoms with Crippen LogP contribution >= 0.6 is 0 Å². The van der Waals surface area contributed by atoms with Crippen LogP contribution in [0.4, 0.5) is 5.69 Å². The number of carbonyl (C=O) groups excluding carboxylic acids is 1. The van der Waals surface area contributed by atoms with Gasteiger partial charge in [0.1, 0.15) is 0 Å². The number of amides is 1. The van der Waals surface area contributed by atoms with Crippen molar-refractivity contribution in [1.82, 2.24) is 9.21 Å². The summed E-state index contributed by atoms with van der Waals surface area (Å²) in [7, 11) is -1.41. The Morgan fingerprint density at radius 3 is 2.27 bits per heavy atom. The quantitative estimate of drug-likeness (QED) is 0.873. The van der Waals surface area contributed by atoms with Crippen molar-refractivity contribution >= 4 is 21.6 Å². The van der Waals surface area contributed by atoms with Crippen molar-refractivity contribution in [2.75, 3.05) is 38.5 Å². The molecule has 1 aromatic carbocycles. The van der Waals surface area contributed by atoms with E-state index in [1.54, 1.807) is 28.6 Å². The van der Waals surface area contributed by atoms with Gasteiger partial charge < -0.3 is 10.2 Å². The monoisotopic (exact) mass is 379 g/mol. The molecule has 7 heteroatoms. The molecule has 0 unspecified atom stereocenters. The largest absolute Gasteiger partial charge is 0.326 e. The molecule has 2 fully saturated rings. The van der Waals surface area contributed by atoms with Gasteiger partial charge in [-0.2, -0.15) is 4.31 Å². The van der Waals surface area contributed by atoms with Gasteiger partial charge in [0, 0.05) is 25.3 Å². The van der Waals surface area contributed by atoms with E-state index in [0.29, 0.717) is 23.7 Å². The number of carbonyl (C=O) groups is 1. The van der Waals surface area contributed by atoms with E-state index in [9.17, 15) is 13.2 Å². The summed E-state index contributed by atoms with van der Waals surface area (Å²) in [5.41, 5.74) is 0.651. The van der Waals surface area contributed by atoms with Crippen molar-refractivity contribution in [3.8, 4) is 0 Å². The number of hydrogen-bond donors (Lipinski definition) is 1. The fourth-order valence-corrected chi connectivity index (χ4v) is 5.28. The zero-order chi connectivity index (χ0) is 18.6. The third kappa shape index (κ3) is 4.64. The van der Waals surface area contributed by atoms with Crippen molar-refractivity contribution in [1.29, 1.82) is 0 Å². The molecule has 2 heterocycles. The van der Waals surface area contributed by atoms with Crippen LogP contribution in [0.15, 0.2) is 29.2 Å². The first-order valence-electron chi connectivity index (χ1n) is 9.56. The molecule has 3 rings (SSSR count). The van der Waals surface area contributed by atoms with Crippen LogP contribution < -0.4 is 5.32 Å². The molecule has 0 saturated carbocycles. The third-order valence-corrected chi connectivity index (χ3v) is 7.23. The van der Waals surface area contributed by atoms with Crippen LogP contribution in [0.5, 0.6) is 0 Å². The van der Waals surface area contributed by atoms with Gasteiger partial charge in [0.2, 0.25) is 15.9 Å². The number of nitrogens with zero attached hydrogens (tertiary/aromatic N) is 2. The molecule has 1 amide bonds. The molecule has 0 aromatic heterocycles. The zero-order valence-electron chi connectivity index (χ0n) is 15.5. The Morgan fingerprint density at radius 2 is 1.65 bits per heavy atom. The van der Waals surface area contributed by atoms with Crippen LogP contribution in [0.25, 0.3) is 0 Å². The number of benzene rings is 1. The van der Waals surface area contributed by atoms with Crippen LogP contribution in [0, 0.1) is 5.92 Å². The molecule has 0 aliphatic carbocycles. The van der Waals surface area contributed by atoms with Gasteiger partial charge in [-0.25, -0.2) is 8.42 Å². The standard InChI is InChI=1S/C19H29N3O3S/c1-21-12-6-7-16(15-21)19(23)20-17-8-10-18(11-9-17)26(24,25)22-13-4-2-3-5-14-22/h8-11,16H,2-7,12-15H2,1H3,(H,20,23)/t16-/m1/s1. The predicted octanol–water partition coefficient (Wildman–Crippen LogP) is 2.53. The van der Waals surface area contributed by atoms with Gasteiger partial charge in [-0.15, -0.1) is 0 Å². The Balaban J connectivity index is 1.65. The van der Waals surface area contributed by atoms with E-state index < -0.39 is 10.0 Å². The highest BCUT2D eigenvalue weighted by Crippen LogP contribution is 2.23. The van der Waals surface area contributed by atoms with E-state index in [2.05, 4.69) is 10.2 Å². The lowest BCUT2D eigenvalue weighted by atomic mass is 9.97. The van der Waals surface area contributed by atoms with Crippen LogP contribution in [0.2, 0.25) is 0 Å². The average molecular weight is 380 g/mol. The molecule has 0 radical (unpaired) electrons. The molecule has 0 bridgehead atoms. The minimum absolute atomic E-state index is 0.00532. The Morgan fingerprint density at radius 1 is 1.00 bits per heavy atom. The molecule has 2 aliphatic rings. The van der Waals surface area contributed by atoms with E-state index in [1.165, 1.54) is 0 Å². The maximum atomic E-state index is 12.8. The number of sulfonamides is 1. The highest BCUT2D eigenvalue weighted by atomic mass is 32.2. The first kappa shape index (κ1) is 19.3. The predicted molar refractivity (Wildman–Crippen MR) is 103 cm³/mol. The van der Waals surface area contributed by atoms with Gasteiger partial charge >= 0.3 is 0 Å². The van der Waals surface area contributed by atoms with Crippen LogP contribution in [0.1, 0.15) is 38.5 Å². The molecule has 1 aromatic rings. The fourth-order valence-electron chi connectivity index (χ4n) is 3.77. The molecule has 0 spiro atoms. The fraction of sp³-hybridized carbons (Fsp3) is 0.632. The second kappa shape index (κ2) is 8.50. The average Bonchev–Trinajstić information content (AvgIpc) is 2.92. The summed E-state index contributed by atoms with van der Waals surface area (Å²) in [6.07, 6.45) is 5.95. The van der Waals surface area contributed by atoms with Gasteiger partial charge in [-0.3, -0.25) is 4.79 Å². The maximum Gasteiger partial charge on any atom is 0.243 e. The Labute approximate surface area is 156 Å². The highest BCUT2D eigenvalue weighted by Gasteiger charge is 2.26. The number of hydrogen-bond acceptors (Lipinski definition) is 4. The van der Waals surface area contributed by atoms with E-state index in [1.807, 2.05) is 7.05 Å². The normalized spacial score (nSPS) is 23.3. The Kier molecular flexibility index (Phi) is 6.32. The van der Waals surface area contributed by atoms with Crippen LogP contribution in [0.3, 0.4) is 0 Å². The van der Waals surface area contributed by atoms with Gasteiger partial charge in [0.25, 0.3) is 0 Å². The van der Waals surface area contributed by atoms with Gasteiger partial charge in [-0.05, 0) is 63.5 Å². The SMILES string of the molecule is CN1CCC[C@@H](C(=O)Nc2ccc(S(=O)(=O)N3CCCCCC3)cc2)C1. The van der Waals surface area contributed by atoms with Gasteiger partial charge in [-0.1, -0.05) is 12.8 Å². The molecule has 144 valence electrons. The Hall–Kier alpha value is -1.44. The lowest BCUT2D eigenvalue weighted by molar-refractivity contribution is -0.121. The Bertz CT molecular complexity index is 710. The highest BCUT2D eigenvalue weighted by molar-refractivity contribution is 7.89. The summed E-state index contributed by atoms with van der Waals surface area (Å²) < 4.78 is 27.2. The van der Waals surface area contributed by atoms with E-state index >= 15 is 0 Å². The summed E-state index contributed by atoms with van der Waals surface area (Å²) in [6.45, 7) is 2.99. The number of likely N-dealkylation sites (tertiary alicyclic amines) is 1. The number of piperidine rings is 1. The van der Waals surface area contributed by atoms with Crippen molar-refractivity contribution in [3.05, 3.63) is 24.3 Å². The van der Waals surface area contributed by atoms with E-state index in [-0.39, 0.29) is 11.8 Å². The van der Waals surface area contributed by atoms with Gasteiger partial charge in [0.15, 0.2) is 0 Å². The van der Waals surface area contributed by atoms with Crippen LogP contribution in [-0.4, -0.2) is 56.8 Å². The first-order chi connectivity index (χ1) is 12.5. The maximum absolute atomic E-state index is 12.8. The first-order valence-corrected chi connectivity index (χ1v) is 11.0. The molecule has 2 aliphatic heterocycles. The minimum Gasteiger partial charge on any atom is -0.326 e. The second-order valence-electron chi connectivity index (χ2n) is 7.43. The van der Waals surface area contributed by atoms with E-state index in [4.69, 9.17) is 0 Å². The van der Waals surface area contributed by atoms with Gasteiger partial charge in [0.05, 0.1) is 10.8 Å². The summed E-state index contributed by atoms with van der Waals surface area (Å²) in [5, 5.41) is 2.93. The third-order valence-electron chi connectivity index (χ3n) is 5.32. The number of rotatable bonds is 4. The van der Waals surface area contributed by atoms with Crippen molar-refractivity contribution in [2.24, 2.45) is 5.92 Å². The zero-order valence-corrected chi connectivity index (χ0v) is 16.3. The molecular formula is C19H29N3O3S. The molecular weight excluding hydrogens is 350 g/mol. The summed E-state index contributed by atoms with van der Waals surface area (Å²) in [6, 6.07) is 6.58. The molecule has 1 atom stereocenters. The minimum atomic E-state index is -3.44. The van der Waals surface area contributed by atoms with E-state index in [0.717, 1.165) is 51.6 Å². The summed E-state index contributed by atoms with van der Waals surface area (Å²) >= 11 is 0. The smallest absolute Gasteiger partial charge is 0.243 e. The molecule has 6 nitrogen and oxygen atoms in total. The molecule has 1 N–H and O–H groups in total. The molecule has 26 heavy (non-hydrogen) atoms. The summed E-state index contributed by atoms with van der Waals surface area (Å²) in [4.78, 5) is 14.9. The number of nitrogens with one attached hydrogen (secondary N) is 1. The summed E-state index contributed by atoms with van der Waals surface area (Å²) in [5.74, 6) is 0.00827. The topological polar surface area (TPSA) is 69.7 Å². The van der Waals surface area contributed by atoms with Crippen molar-refractivity contribution in [2.45, 2.75) is 43.4 Å². The second-order valence-corrected chi connectivity index (χ2v) is 9.37. The van der Waals surface area contributed by atoms with Crippen molar-refractivity contribution in [3.63, 3.8) is 0 Å². The lowest BCUT2D eigenvalue weighted by Gasteiger charge is -2.28. The molecule has 2 saturated heterocycles. The lowest BCUT2D eigenvalue weighted by Crippen LogP contribution is -2.38. The van der Waals surface area contributed by atoms with Crippen molar-refractivity contribution < 1.29 is 13.2 Å².